The van der Waals surface area contributed by atoms with Crippen molar-refractivity contribution < 1.29 is 29.0 Å². The van der Waals surface area contributed by atoms with Crippen molar-refractivity contribution in [3.05, 3.63) is 35.9 Å². The molecule has 1 aromatic carbocycles. The van der Waals surface area contributed by atoms with E-state index in [0.717, 1.165) is 18.4 Å². The third-order valence-corrected chi connectivity index (χ3v) is 9.25. The molecule has 0 aliphatic carbocycles. The summed E-state index contributed by atoms with van der Waals surface area (Å²) in [4.78, 5) is 43.8. The Hall–Kier alpha value is -2.53. The van der Waals surface area contributed by atoms with Gasteiger partial charge in [0, 0.05) is 27.8 Å². The minimum Gasteiger partial charge on any atom is -0.386 e. The second kappa shape index (κ2) is 17.1. The maximum absolute atomic E-state index is 13.8. The number of rotatable bonds is 16. The maximum Gasteiger partial charge on any atom is 0.239 e. The minimum atomic E-state index is -0.854. The normalized spacial score (nSPS) is 20.9. The van der Waals surface area contributed by atoms with Crippen molar-refractivity contribution in [2.45, 2.75) is 110 Å². The fourth-order valence-corrected chi connectivity index (χ4v) is 6.20. The molecule has 0 spiro atoms. The highest BCUT2D eigenvalue weighted by atomic mass is 16.5. The van der Waals surface area contributed by atoms with Crippen LogP contribution in [0.1, 0.15) is 78.9 Å². The Balaban J connectivity index is 2.17. The largest absolute Gasteiger partial charge is 0.386 e. The number of nitrogens with zero attached hydrogens (tertiary/aromatic N) is 2. The third kappa shape index (κ3) is 9.23. The van der Waals surface area contributed by atoms with Gasteiger partial charge in [0.25, 0.3) is 0 Å². The van der Waals surface area contributed by atoms with Crippen LogP contribution in [0.3, 0.4) is 0 Å². The van der Waals surface area contributed by atoms with Crippen LogP contribution in [0.2, 0.25) is 0 Å². The molecule has 0 saturated carbocycles. The van der Waals surface area contributed by atoms with E-state index in [1.165, 1.54) is 0 Å². The number of aliphatic hydroxyl groups is 1. The molecule has 1 aromatic rings. The zero-order chi connectivity index (χ0) is 32.4. The van der Waals surface area contributed by atoms with Crippen LogP contribution in [0.25, 0.3) is 0 Å². The van der Waals surface area contributed by atoms with E-state index in [-0.39, 0.29) is 48.1 Å². The molecule has 1 heterocycles. The molecule has 244 valence electrons. The summed E-state index contributed by atoms with van der Waals surface area (Å²) in [6.45, 7) is 12.1. The van der Waals surface area contributed by atoms with Crippen LogP contribution in [0.15, 0.2) is 30.3 Å². The third-order valence-electron chi connectivity index (χ3n) is 9.25. The minimum absolute atomic E-state index is 0.0183. The number of carbonyl (C=O) groups is 3. The number of hydrogen-bond donors (Lipinski definition) is 3. The van der Waals surface area contributed by atoms with E-state index in [1.807, 2.05) is 49.1 Å². The summed E-state index contributed by atoms with van der Waals surface area (Å²) >= 11 is 0. The van der Waals surface area contributed by atoms with Gasteiger partial charge in [0.1, 0.15) is 0 Å². The second-order valence-electron chi connectivity index (χ2n) is 12.5. The van der Waals surface area contributed by atoms with E-state index in [4.69, 9.17) is 15.2 Å². The highest BCUT2D eigenvalue weighted by Gasteiger charge is 2.42. The first-order chi connectivity index (χ1) is 20.3. The smallest absolute Gasteiger partial charge is 0.239 e. The molecule has 10 nitrogen and oxygen atoms in total. The highest BCUT2D eigenvalue weighted by Crippen LogP contribution is 2.30. The van der Waals surface area contributed by atoms with Gasteiger partial charge in [0.2, 0.25) is 17.7 Å². The first-order valence-electron chi connectivity index (χ1n) is 15.7. The van der Waals surface area contributed by atoms with Crippen LogP contribution < -0.4 is 11.1 Å². The lowest BCUT2D eigenvalue weighted by Gasteiger charge is -2.40. The zero-order valence-corrected chi connectivity index (χ0v) is 27.7. The van der Waals surface area contributed by atoms with Crippen molar-refractivity contribution >= 4 is 17.7 Å². The fraction of sp³-hybridized carbons (Fsp3) is 0.727. The molecule has 0 bridgehead atoms. The Bertz CT molecular complexity index is 1020. The molecule has 10 heteroatoms. The number of likely N-dealkylation sites (tertiary alicyclic amines) is 1. The lowest BCUT2D eigenvalue weighted by molar-refractivity contribution is -0.146. The van der Waals surface area contributed by atoms with Crippen LogP contribution in [-0.4, -0.2) is 96.8 Å². The van der Waals surface area contributed by atoms with Gasteiger partial charge in [-0.05, 0) is 37.2 Å². The van der Waals surface area contributed by atoms with Gasteiger partial charge in [-0.15, -0.1) is 0 Å². The van der Waals surface area contributed by atoms with E-state index in [9.17, 15) is 19.5 Å². The number of nitrogens with one attached hydrogen (secondary N) is 1. The van der Waals surface area contributed by atoms with Crippen LogP contribution >= 0.6 is 0 Å². The second-order valence-corrected chi connectivity index (χ2v) is 12.5. The summed E-state index contributed by atoms with van der Waals surface area (Å²) in [7, 11) is 4.88. The Morgan fingerprint density at radius 1 is 1.09 bits per heavy atom. The predicted octanol–water partition coefficient (Wildman–Crippen LogP) is 3.13. The van der Waals surface area contributed by atoms with Crippen molar-refractivity contribution in [1.82, 2.24) is 15.1 Å². The number of aliphatic hydroxyl groups excluding tert-OH is 1. The van der Waals surface area contributed by atoms with Crippen molar-refractivity contribution in [2.24, 2.45) is 23.5 Å². The van der Waals surface area contributed by atoms with Gasteiger partial charge in [-0.25, -0.2) is 0 Å². The van der Waals surface area contributed by atoms with Gasteiger partial charge in [0.05, 0.1) is 54.8 Å². The first kappa shape index (κ1) is 36.7. The Labute approximate surface area is 258 Å². The summed E-state index contributed by atoms with van der Waals surface area (Å²) < 4.78 is 11.7. The molecule has 0 radical (unpaired) electrons. The van der Waals surface area contributed by atoms with Crippen LogP contribution in [-0.2, 0) is 23.9 Å². The summed E-state index contributed by atoms with van der Waals surface area (Å²) in [6.07, 6.45) is 0.474. The number of methoxy groups -OCH3 is 2. The molecule has 1 saturated heterocycles. The fourth-order valence-electron chi connectivity index (χ4n) is 6.20. The molecule has 9 unspecified atom stereocenters. The lowest BCUT2D eigenvalue weighted by Crippen LogP contribution is -2.56. The maximum atomic E-state index is 13.8. The van der Waals surface area contributed by atoms with Crippen molar-refractivity contribution in [3.63, 3.8) is 0 Å². The SMILES string of the molecule is CCC(C)C(C(CC(=O)N1CCCC1C(OC)C(C)C(=O)NC(C)C(O)c1ccccc1)OC)N(C)C(=O)C(N)C(C)C. The molecule has 2 rings (SSSR count). The number of nitrogens with two attached hydrogens (primary N) is 1. The number of carbonyl (C=O) groups excluding carboxylic acids is 3. The number of hydrogen-bond acceptors (Lipinski definition) is 7. The monoisotopic (exact) mass is 604 g/mol. The lowest BCUT2D eigenvalue weighted by atomic mass is 9.89. The van der Waals surface area contributed by atoms with Crippen molar-refractivity contribution in [3.8, 4) is 0 Å². The van der Waals surface area contributed by atoms with Gasteiger partial charge in [-0.2, -0.15) is 0 Å². The standard InChI is InChI=1S/C33H56N4O6/c1-10-21(4)29(36(7)33(41)28(34)20(2)3)26(42-8)19-27(38)37-18-14-17-25(37)31(43-9)22(5)32(40)35-23(6)30(39)24-15-12-11-13-16-24/h11-13,15-16,20-23,25-26,28-31,39H,10,14,17-19,34H2,1-9H3,(H,35,40). The molecule has 1 aliphatic heterocycles. The van der Waals surface area contributed by atoms with E-state index in [1.54, 1.807) is 40.0 Å². The topological polar surface area (TPSA) is 134 Å². The molecular formula is C33H56N4O6. The van der Waals surface area contributed by atoms with E-state index in [0.29, 0.717) is 13.0 Å². The number of benzene rings is 1. The molecule has 3 amide bonds. The summed E-state index contributed by atoms with van der Waals surface area (Å²) in [5.41, 5.74) is 6.93. The van der Waals surface area contributed by atoms with Gasteiger partial charge in [-0.3, -0.25) is 14.4 Å². The van der Waals surface area contributed by atoms with Crippen LogP contribution in [0.4, 0.5) is 0 Å². The van der Waals surface area contributed by atoms with Crippen LogP contribution in [0.5, 0.6) is 0 Å². The Morgan fingerprint density at radius 3 is 2.26 bits per heavy atom. The van der Waals surface area contributed by atoms with Gasteiger partial charge < -0.3 is 35.4 Å². The summed E-state index contributed by atoms with van der Waals surface area (Å²) in [5.74, 6) is -1.03. The molecule has 43 heavy (non-hydrogen) atoms. The average molecular weight is 605 g/mol. The molecule has 0 aromatic heterocycles. The predicted molar refractivity (Wildman–Crippen MR) is 168 cm³/mol. The number of likely N-dealkylation sites (N-methyl/N-ethyl adjacent to an activating group) is 1. The molecule has 4 N–H and O–H groups in total. The van der Waals surface area contributed by atoms with Crippen molar-refractivity contribution in [2.75, 3.05) is 27.8 Å². The van der Waals surface area contributed by atoms with Gasteiger partial charge in [0.15, 0.2) is 0 Å². The van der Waals surface area contributed by atoms with E-state index >= 15 is 0 Å². The molecule has 1 fully saturated rings. The summed E-state index contributed by atoms with van der Waals surface area (Å²) in [5, 5.41) is 13.7. The first-order valence-corrected chi connectivity index (χ1v) is 15.7. The molecular weight excluding hydrogens is 548 g/mol. The van der Waals surface area contributed by atoms with E-state index in [2.05, 4.69) is 19.2 Å². The quantitative estimate of drug-likeness (QED) is 0.264. The average Bonchev–Trinajstić information content (AvgIpc) is 3.49. The van der Waals surface area contributed by atoms with Crippen molar-refractivity contribution in [1.29, 1.82) is 0 Å². The zero-order valence-electron chi connectivity index (χ0n) is 27.7. The summed E-state index contributed by atoms with van der Waals surface area (Å²) in [6, 6.07) is 7.43. The Kier molecular flexibility index (Phi) is 14.6. The van der Waals surface area contributed by atoms with Gasteiger partial charge >= 0.3 is 0 Å². The molecule has 9 atom stereocenters. The van der Waals surface area contributed by atoms with Gasteiger partial charge in [-0.1, -0.05) is 71.4 Å². The Morgan fingerprint density at radius 2 is 1.72 bits per heavy atom. The number of ether oxygens (including phenoxy) is 2. The number of amides is 3. The highest BCUT2D eigenvalue weighted by molar-refractivity contribution is 5.83. The van der Waals surface area contributed by atoms with E-state index < -0.39 is 36.3 Å². The molecule has 1 aliphatic rings. The van der Waals surface area contributed by atoms with Crippen LogP contribution in [0, 0.1) is 17.8 Å².